The molecule has 3 nitrogen and oxygen atoms in total. The number of aldehydes is 1. The molecule has 13 heavy (non-hydrogen) atoms. The Morgan fingerprint density at radius 3 is 2.54 bits per heavy atom. The standard InChI is InChI=1S/C9H8FNO2/c10-7-1-3-8(4-2-7)11-9(13)5-6-12/h1-4,6H,5H2,(H,11,13). The number of benzene rings is 1. The second-order valence-electron chi connectivity index (χ2n) is 2.43. The molecule has 0 spiro atoms. The van der Waals surface area contributed by atoms with Crippen LogP contribution in [-0.4, -0.2) is 12.2 Å². The average molecular weight is 181 g/mol. The summed E-state index contributed by atoms with van der Waals surface area (Å²) in [6.45, 7) is 0. The van der Waals surface area contributed by atoms with Gasteiger partial charge in [-0.05, 0) is 24.3 Å². The Bertz CT molecular complexity index is 308. The summed E-state index contributed by atoms with van der Waals surface area (Å²) >= 11 is 0. The van der Waals surface area contributed by atoms with Gasteiger partial charge in [-0.3, -0.25) is 4.79 Å². The molecule has 4 heteroatoms. The van der Waals surface area contributed by atoms with Crippen LogP contribution in [0.3, 0.4) is 0 Å². The maximum absolute atomic E-state index is 12.4. The summed E-state index contributed by atoms with van der Waals surface area (Å²) in [5.41, 5.74) is 0.480. The summed E-state index contributed by atoms with van der Waals surface area (Å²) in [7, 11) is 0. The number of carbonyl (C=O) groups excluding carboxylic acids is 2. The smallest absolute Gasteiger partial charge is 0.231 e. The third-order valence-electron chi connectivity index (χ3n) is 1.40. The van der Waals surface area contributed by atoms with E-state index in [0.717, 1.165) is 0 Å². The fourth-order valence-electron chi connectivity index (χ4n) is 0.821. The van der Waals surface area contributed by atoms with Crippen molar-refractivity contribution in [2.45, 2.75) is 6.42 Å². The molecule has 0 aliphatic rings. The zero-order chi connectivity index (χ0) is 9.68. The van der Waals surface area contributed by atoms with Crippen LogP contribution in [0, 0.1) is 5.82 Å². The van der Waals surface area contributed by atoms with Gasteiger partial charge in [0, 0.05) is 5.69 Å². The van der Waals surface area contributed by atoms with Gasteiger partial charge in [-0.2, -0.15) is 0 Å². The van der Waals surface area contributed by atoms with Crippen molar-refractivity contribution in [3.05, 3.63) is 30.1 Å². The second-order valence-corrected chi connectivity index (χ2v) is 2.43. The van der Waals surface area contributed by atoms with E-state index in [1.165, 1.54) is 24.3 Å². The third kappa shape index (κ3) is 3.02. The van der Waals surface area contributed by atoms with Gasteiger partial charge in [-0.15, -0.1) is 0 Å². The molecule has 0 atom stereocenters. The van der Waals surface area contributed by atoms with Gasteiger partial charge in [0.2, 0.25) is 5.91 Å². The van der Waals surface area contributed by atoms with Crippen LogP contribution in [0.25, 0.3) is 0 Å². The van der Waals surface area contributed by atoms with E-state index in [4.69, 9.17) is 0 Å². The molecule has 0 radical (unpaired) electrons. The average Bonchev–Trinajstić information content (AvgIpc) is 2.09. The van der Waals surface area contributed by atoms with Crippen molar-refractivity contribution in [2.24, 2.45) is 0 Å². The van der Waals surface area contributed by atoms with Crippen LogP contribution in [0.5, 0.6) is 0 Å². The summed E-state index contributed by atoms with van der Waals surface area (Å²) < 4.78 is 12.4. The summed E-state index contributed by atoms with van der Waals surface area (Å²) in [5.74, 6) is -0.769. The minimum atomic E-state index is -0.401. The normalized spacial score (nSPS) is 9.31. The van der Waals surface area contributed by atoms with Crippen LogP contribution < -0.4 is 5.32 Å². The van der Waals surface area contributed by atoms with E-state index < -0.39 is 5.91 Å². The molecular weight excluding hydrogens is 173 g/mol. The molecule has 0 aliphatic carbocycles. The van der Waals surface area contributed by atoms with Crippen molar-refractivity contribution in [3.63, 3.8) is 0 Å². The summed E-state index contributed by atoms with van der Waals surface area (Å²) in [5, 5.41) is 2.43. The number of hydrogen-bond acceptors (Lipinski definition) is 2. The van der Waals surface area contributed by atoms with E-state index in [1.807, 2.05) is 0 Å². The maximum Gasteiger partial charge on any atom is 0.231 e. The lowest BCUT2D eigenvalue weighted by molar-refractivity contribution is -0.119. The molecule has 1 amide bonds. The fraction of sp³-hybridized carbons (Fsp3) is 0.111. The number of halogens is 1. The summed E-state index contributed by atoms with van der Waals surface area (Å²) in [4.78, 5) is 20.8. The predicted molar refractivity (Wildman–Crippen MR) is 45.7 cm³/mol. The number of nitrogens with one attached hydrogen (secondary N) is 1. The topological polar surface area (TPSA) is 46.2 Å². The zero-order valence-electron chi connectivity index (χ0n) is 6.79. The Morgan fingerprint density at radius 2 is 2.00 bits per heavy atom. The van der Waals surface area contributed by atoms with Gasteiger partial charge in [0.25, 0.3) is 0 Å². The van der Waals surface area contributed by atoms with Crippen LogP contribution in [0.4, 0.5) is 10.1 Å². The molecule has 1 aromatic rings. The minimum absolute atomic E-state index is 0.183. The Kier molecular flexibility index (Phi) is 3.14. The van der Waals surface area contributed by atoms with Gasteiger partial charge in [0.1, 0.15) is 12.1 Å². The molecule has 0 heterocycles. The van der Waals surface area contributed by atoms with Crippen LogP contribution in [0.1, 0.15) is 6.42 Å². The van der Waals surface area contributed by atoms with E-state index in [2.05, 4.69) is 5.32 Å². The first-order valence-electron chi connectivity index (χ1n) is 3.71. The lowest BCUT2D eigenvalue weighted by Gasteiger charge is -2.01. The van der Waals surface area contributed by atoms with E-state index in [1.54, 1.807) is 0 Å². The monoisotopic (exact) mass is 181 g/mol. The number of anilines is 1. The quantitative estimate of drug-likeness (QED) is 0.565. The molecular formula is C9H8FNO2. The molecule has 1 N–H and O–H groups in total. The van der Waals surface area contributed by atoms with Crippen LogP contribution in [0.15, 0.2) is 24.3 Å². The van der Waals surface area contributed by atoms with Crippen molar-refractivity contribution < 1.29 is 14.0 Å². The molecule has 0 aromatic heterocycles. The third-order valence-corrected chi connectivity index (χ3v) is 1.40. The predicted octanol–water partition coefficient (Wildman–Crippen LogP) is 1.35. The van der Waals surface area contributed by atoms with Gasteiger partial charge in [-0.1, -0.05) is 0 Å². The van der Waals surface area contributed by atoms with Gasteiger partial charge >= 0.3 is 0 Å². The SMILES string of the molecule is O=CCC(=O)Nc1ccc(F)cc1. The Balaban J connectivity index is 2.59. The largest absolute Gasteiger partial charge is 0.326 e. The fourth-order valence-corrected chi connectivity index (χ4v) is 0.821. The van der Waals surface area contributed by atoms with E-state index in [0.29, 0.717) is 12.0 Å². The highest BCUT2D eigenvalue weighted by Crippen LogP contribution is 2.07. The van der Waals surface area contributed by atoms with Crippen LogP contribution in [-0.2, 0) is 9.59 Å². The van der Waals surface area contributed by atoms with Crippen LogP contribution >= 0.6 is 0 Å². The highest BCUT2D eigenvalue weighted by atomic mass is 19.1. The van der Waals surface area contributed by atoms with E-state index in [-0.39, 0.29) is 12.2 Å². The molecule has 68 valence electrons. The first-order chi connectivity index (χ1) is 6.22. The minimum Gasteiger partial charge on any atom is -0.326 e. The van der Waals surface area contributed by atoms with E-state index in [9.17, 15) is 14.0 Å². The zero-order valence-corrected chi connectivity index (χ0v) is 6.79. The molecule has 0 aliphatic heterocycles. The number of amides is 1. The van der Waals surface area contributed by atoms with Gasteiger partial charge < -0.3 is 10.1 Å². The highest BCUT2D eigenvalue weighted by molar-refractivity contribution is 5.97. The number of rotatable bonds is 3. The summed E-state index contributed by atoms with van der Waals surface area (Å²) in [6.07, 6.45) is 0.330. The van der Waals surface area contributed by atoms with Crippen molar-refractivity contribution in [1.82, 2.24) is 0 Å². The molecule has 0 saturated carbocycles. The van der Waals surface area contributed by atoms with Crippen molar-refractivity contribution in [2.75, 3.05) is 5.32 Å². The Morgan fingerprint density at radius 1 is 1.38 bits per heavy atom. The first-order valence-corrected chi connectivity index (χ1v) is 3.71. The lowest BCUT2D eigenvalue weighted by Crippen LogP contribution is -2.11. The van der Waals surface area contributed by atoms with Crippen molar-refractivity contribution >= 4 is 17.9 Å². The number of hydrogen-bond donors (Lipinski definition) is 1. The molecule has 0 unspecified atom stereocenters. The van der Waals surface area contributed by atoms with Crippen molar-refractivity contribution in [3.8, 4) is 0 Å². The molecule has 1 rings (SSSR count). The Hall–Kier alpha value is -1.71. The lowest BCUT2D eigenvalue weighted by atomic mass is 10.3. The summed E-state index contributed by atoms with van der Waals surface area (Å²) in [6, 6.07) is 5.32. The molecule has 1 aromatic carbocycles. The Labute approximate surface area is 74.6 Å². The number of carbonyl (C=O) groups is 2. The van der Waals surface area contributed by atoms with Gasteiger partial charge in [-0.25, -0.2) is 4.39 Å². The van der Waals surface area contributed by atoms with Gasteiger partial charge in [0.05, 0.1) is 6.42 Å². The highest BCUT2D eigenvalue weighted by Gasteiger charge is 2.00. The first kappa shape index (κ1) is 9.38. The second kappa shape index (κ2) is 4.35. The molecule has 0 fully saturated rings. The van der Waals surface area contributed by atoms with Crippen molar-refractivity contribution in [1.29, 1.82) is 0 Å². The van der Waals surface area contributed by atoms with E-state index >= 15 is 0 Å². The maximum atomic E-state index is 12.4. The van der Waals surface area contributed by atoms with Gasteiger partial charge in [0.15, 0.2) is 0 Å². The van der Waals surface area contributed by atoms with Crippen LogP contribution in [0.2, 0.25) is 0 Å². The molecule has 0 bridgehead atoms. The molecule has 0 saturated heterocycles.